The lowest BCUT2D eigenvalue weighted by Gasteiger charge is -2.43. The lowest BCUT2D eigenvalue weighted by atomic mass is 9.86. The Bertz CT molecular complexity index is 140. The molecule has 1 aliphatic carbocycles. The van der Waals surface area contributed by atoms with Crippen LogP contribution in [0.25, 0.3) is 0 Å². The number of fused-ring (bicyclic) bond motifs is 1. The van der Waals surface area contributed by atoms with Gasteiger partial charge in [0.2, 0.25) is 0 Å². The summed E-state index contributed by atoms with van der Waals surface area (Å²) in [5, 5.41) is 7.41. The van der Waals surface area contributed by atoms with Gasteiger partial charge < -0.3 is 10.6 Å². The molecule has 2 heteroatoms. The van der Waals surface area contributed by atoms with Crippen molar-refractivity contribution < 1.29 is 0 Å². The molecule has 0 aromatic heterocycles. The first-order valence-corrected chi connectivity index (χ1v) is 5.29. The molecule has 1 saturated carbocycles. The topological polar surface area (TPSA) is 24.1 Å². The molecule has 4 atom stereocenters. The van der Waals surface area contributed by atoms with Crippen LogP contribution >= 0.6 is 0 Å². The minimum atomic E-state index is 0.643. The van der Waals surface area contributed by atoms with E-state index in [4.69, 9.17) is 0 Å². The van der Waals surface area contributed by atoms with Crippen molar-refractivity contribution in [2.75, 3.05) is 0 Å². The van der Waals surface area contributed by atoms with Crippen molar-refractivity contribution >= 4 is 0 Å². The fourth-order valence-electron chi connectivity index (χ4n) is 2.49. The van der Waals surface area contributed by atoms with Crippen molar-refractivity contribution in [1.82, 2.24) is 10.6 Å². The Morgan fingerprint density at radius 2 is 1.25 bits per heavy atom. The first kappa shape index (κ1) is 8.52. The molecule has 0 spiro atoms. The zero-order valence-electron chi connectivity index (χ0n) is 8.14. The van der Waals surface area contributed by atoms with E-state index in [1.807, 2.05) is 0 Å². The summed E-state index contributed by atoms with van der Waals surface area (Å²) in [4.78, 5) is 0. The Hall–Kier alpha value is -0.0800. The summed E-state index contributed by atoms with van der Waals surface area (Å²) in [5.41, 5.74) is 0. The predicted octanol–water partition coefficient (Wildman–Crippen LogP) is 1.27. The number of rotatable bonds is 0. The van der Waals surface area contributed by atoms with E-state index in [0.717, 1.165) is 12.1 Å². The molecule has 0 aromatic carbocycles. The lowest BCUT2D eigenvalue weighted by Crippen LogP contribution is -2.64. The van der Waals surface area contributed by atoms with Crippen LogP contribution in [-0.4, -0.2) is 24.2 Å². The summed E-state index contributed by atoms with van der Waals surface area (Å²) < 4.78 is 0. The number of nitrogens with one attached hydrogen (secondary N) is 2. The second kappa shape index (κ2) is 3.35. The Morgan fingerprint density at radius 1 is 0.833 bits per heavy atom. The molecule has 12 heavy (non-hydrogen) atoms. The summed E-state index contributed by atoms with van der Waals surface area (Å²) in [6.07, 6.45) is 5.57. The first-order chi connectivity index (χ1) is 5.77. The smallest absolute Gasteiger partial charge is 0.0224 e. The molecule has 0 unspecified atom stereocenters. The van der Waals surface area contributed by atoms with Crippen LogP contribution in [0.1, 0.15) is 39.5 Å². The van der Waals surface area contributed by atoms with Crippen LogP contribution in [0.2, 0.25) is 0 Å². The maximum atomic E-state index is 3.71. The van der Waals surface area contributed by atoms with Gasteiger partial charge in [0, 0.05) is 24.2 Å². The molecule has 2 rings (SSSR count). The molecule has 2 fully saturated rings. The Labute approximate surface area is 75.1 Å². The molecule has 2 aliphatic rings. The Morgan fingerprint density at radius 3 is 1.67 bits per heavy atom. The fourth-order valence-corrected chi connectivity index (χ4v) is 2.49. The van der Waals surface area contributed by atoms with Crippen LogP contribution in [0.3, 0.4) is 0 Å². The van der Waals surface area contributed by atoms with Gasteiger partial charge in [0.25, 0.3) is 0 Å². The van der Waals surface area contributed by atoms with E-state index in [2.05, 4.69) is 24.5 Å². The number of hydrogen-bond donors (Lipinski definition) is 2. The highest BCUT2D eigenvalue weighted by atomic mass is 15.1. The van der Waals surface area contributed by atoms with Gasteiger partial charge in [0.15, 0.2) is 0 Å². The molecule has 1 aliphatic heterocycles. The average molecular weight is 168 g/mol. The fraction of sp³-hybridized carbons (Fsp3) is 1.00. The van der Waals surface area contributed by atoms with Crippen LogP contribution in [0.4, 0.5) is 0 Å². The maximum absolute atomic E-state index is 3.71. The zero-order valence-corrected chi connectivity index (χ0v) is 8.14. The van der Waals surface area contributed by atoms with Crippen LogP contribution in [0.15, 0.2) is 0 Å². The number of piperazine rings is 1. The minimum Gasteiger partial charge on any atom is -0.308 e. The van der Waals surface area contributed by atoms with Crippen molar-refractivity contribution in [1.29, 1.82) is 0 Å². The Balaban J connectivity index is 1.98. The number of hydrogen-bond acceptors (Lipinski definition) is 2. The summed E-state index contributed by atoms with van der Waals surface area (Å²) in [5.74, 6) is 0. The van der Waals surface area contributed by atoms with Gasteiger partial charge in [-0.2, -0.15) is 0 Å². The van der Waals surface area contributed by atoms with Gasteiger partial charge in [-0.05, 0) is 26.7 Å². The van der Waals surface area contributed by atoms with Crippen LogP contribution in [0, 0.1) is 0 Å². The molecule has 1 heterocycles. The largest absolute Gasteiger partial charge is 0.308 e. The van der Waals surface area contributed by atoms with Gasteiger partial charge in [-0.3, -0.25) is 0 Å². The molecular formula is C10H20N2. The third-order valence-electron chi connectivity index (χ3n) is 3.47. The van der Waals surface area contributed by atoms with Gasteiger partial charge in [-0.1, -0.05) is 12.8 Å². The minimum absolute atomic E-state index is 0.643. The highest BCUT2D eigenvalue weighted by Gasteiger charge is 2.32. The van der Waals surface area contributed by atoms with E-state index in [1.165, 1.54) is 25.7 Å². The lowest BCUT2D eigenvalue weighted by molar-refractivity contribution is 0.183. The van der Waals surface area contributed by atoms with Crippen LogP contribution in [0.5, 0.6) is 0 Å². The monoisotopic (exact) mass is 168 g/mol. The molecule has 0 radical (unpaired) electrons. The molecular weight excluding hydrogens is 148 g/mol. The third kappa shape index (κ3) is 1.50. The SMILES string of the molecule is C[C@H]1N[C@H]2CCCC[C@@H]2N[C@@H]1C. The average Bonchev–Trinajstić information content (AvgIpc) is 2.07. The van der Waals surface area contributed by atoms with Gasteiger partial charge >= 0.3 is 0 Å². The highest BCUT2D eigenvalue weighted by Crippen LogP contribution is 2.22. The second-order valence-corrected chi connectivity index (χ2v) is 4.41. The van der Waals surface area contributed by atoms with Crippen LogP contribution < -0.4 is 10.6 Å². The van der Waals surface area contributed by atoms with E-state index >= 15 is 0 Å². The molecule has 0 bridgehead atoms. The van der Waals surface area contributed by atoms with Crippen molar-refractivity contribution in [3.63, 3.8) is 0 Å². The van der Waals surface area contributed by atoms with E-state index in [9.17, 15) is 0 Å². The van der Waals surface area contributed by atoms with Crippen molar-refractivity contribution in [3.05, 3.63) is 0 Å². The van der Waals surface area contributed by atoms with Gasteiger partial charge in [0.1, 0.15) is 0 Å². The standard InChI is InChI=1S/C10H20N2/c1-7-8(2)12-10-6-4-3-5-9(10)11-7/h7-12H,3-6H2,1-2H3/t7-,8-,9+,10+/m1/s1. The summed E-state index contributed by atoms with van der Waals surface area (Å²) >= 11 is 0. The van der Waals surface area contributed by atoms with Gasteiger partial charge in [0.05, 0.1) is 0 Å². The molecule has 2 nitrogen and oxygen atoms in total. The third-order valence-corrected chi connectivity index (χ3v) is 3.47. The second-order valence-electron chi connectivity index (χ2n) is 4.41. The normalized spacial score (nSPS) is 48.5. The summed E-state index contributed by atoms with van der Waals surface area (Å²) in [7, 11) is 0. The highest BCUT2D eigenvalue weighted by molar-refractivity contribution is 4.96. The van der Waals surface area contributed by atoms with Crippen molar-refractivity contribution in [2.45, 2.75) is 63.7 Å². The van der Waals surface area contributed by atoms with Gasteiger partial charge in [-0.15, -0.1) is 0 Å². The summed E-state index contributed by atoms with van der Waals surface area (Å²) in [6, 6.07) is 2.79. The molecule has 1 saturated heterocycles. The molecule has 2 N–H and O–H groups in total. The Kier molecular flexibility index (Phi) is 2.37. The first-order valence-electron chi connectivity index (χ1n) is 5.29. The van der Waals surface area contributed by atoms with Crippen molar-refractivity contribution in [2.24, 2.45) is 0 Å². The van der Waals surface area contributed by atoms with E-state index < -0.39 is 0 Å². The zero-order chi connectivity index (χ0) is 8.55. The maximum Gasteiger partial charge on any atom is 0.0224 e. The van der Waals surface area contributed by atoms with Crippen LogP contribution in [-0.2, 0) is 0 Å². The van der Waals surface area contributed by atoms with Gasteiger partial charge in [-0.25, -0.2) is 0 Å². The molecule has 70 valence electrons. The summed E-state index contributed by atoms with van der Waals surface area (Å²) in [6.45, 7) is 4.56. The predicted molar refractivity (Wildman–Crippen MR) is 51.2 cm³/mol. The molecule has 0 aromatic rings. The van der Waals surface area contributed by atoms with Crippen molar-refractivity contribution in [3.8, 4) is 0 Å². The van der Waals surface area contributed by atoms with E-state index in [0.29, 0.717) is 12.1 Å². The quantitative estimate of drug-likeness (QED) is 0.569. The van der Waals surface area contributed by atoms with E-state index in [1.54, 1.807) is 0 Å². The van der Waals surface area contributed by atoms with E-state index in [-0.39, 0.29) is 0 Å². The molecule has 0 amide bonds.